The fourth-order valence-electron chi connectivity index (χ4n) is 1.84. The van der Waals surface area contributed by atoms with E-state index in [0.717, 1.165) is 16.8 Å². The normalized spacial score (nSPS) is 10.9. The molecular weight excluding hydrogens is 243 g/mol. The number of aryl methyl sites for hydroxylation is 2. The van der Waals surface area contributed by atoms with Crippen molar-refractivity contribution < 1.29 is 4.79 Å². The molecule has 0 heterocycles. The van der Waals surface area contributed by atoms with Crippen molar-refractivity contribution in [3.63, 3.8) is 0 Å². The molecule has 0 spiro atoms. The summed E-state index contributed by atoms with van der Waals surface area (Å²) >= 11 is 0. The van der Waals surface area contributed by atoms with E-state index in [1.807, 2.05) is 13.8 Å². The minimum absolute atomic E-state index is 0.0618. The molecule has 0 aliphatic carbocycles. The standard InChI is InChI=1S/C14H19N2OP/c1-10-6-12(8-15)7-11(2)14(10)16-13(17)9-18(3,4)5/h6-7H,9H2,1-5H3/p+1. The molecule has 18 heavy (non-hydrogen) atoms. The van der Waals surface area contributed by atoms with Crippen molar-refractivity contribution in [3.8, 4) is 6.07 Å². The topological polar surface area (TPSA) is 52.9 Å². The molecule has 1 aromatic rings. The molecule has 0 aliphatic heterocycles. The molecule has 0 saturated carbocycles. The van der Waals surface area contributed by atoms with Gasteiger partial charge < -0.3 is 5.32 Å². The van der Waals surface area contributed by atoms with Gasteiger partial charge in [-0.3, -0.25) is 4.79 Å². The van der Waals surface area contributed by atoms with Gasteiger partial charge in [-0.15, -0.1) is 0 Å². The molecule has 0 bridgehead atoms. The zero-order valence-corrected chi connectivity index (χ0v) is 12.6. The molecule has 0 aromatic heterocycles. The van der Waals surface area contributed by atoms with Gasteiger partial charge in [0.05, 0.1) is 11.6 Å². The quantitative estimate of drug-likeness (QED) is 0.852. The van der Waals surface area contributed by atoms with Crippen LogP contribution in [0.15, 0.2) is 12.1 Å². The van der Waals surface area contributed by atoms with Crippen LogP contribution in [0.4, 0.5) is 5.69 Å². The molecule has 1 rings (SSSR count). The van der Waals surface area contributed by atoms with E-state index in [2.05, 4.69) is 31.4 Å². The number of nitrogens with one attached hydrogen (secondary N) is 1. The first kappa shape index (κ1) is 14.7. The van der Waals surface area contributed by atoms with Gasteiger partial charge in [0.1, 0.15) is 6.16 Å². The number of rotatable bonds is 3. The van der Waals surface area contributed by atoms with Crippen LogP contribution in [-0.2, 0) is 4.79 Å². The molecule has 1 amide bonds. The lowest BCUT2D eigenvalue weighted by molar-refractivity contribution is -0.113. The number of nitriles is 1. The Labute approximate surface area is 110 Å². The number of nitrogens with zero attached hydrogens (tertiary/aromatic N) is 1. The van der Waals surface area contributed by atoms with E-state index < -0.39 is 7.26 Å². The molecule has 0 saturated heterocycles. The molecule has 0 atom stereocenters. The Morgan fingerprint density at radius 3 is 2.17 bits per heavy atom. The van der Waals surface area contributed by atoms with E-state index in [9.17, 15) is 4.79 Å². The molecule has 1 aromatic carbocycles. The molecular formula is C14H20N2OP+. The smallest absolute Gasteiger partial charge is 0.261 e. The summed E-state index contributed by atoms with van der Waals surface area (Å²) in [5, 5.41) is 11.8. The summed E-state index contributed by atoms with van der Waals surface area (Å²) < 4.78 is 0. The SMILES string of the molecule is Cc1cc(C#N)cc(C)c1NC(=O)C[P+](C)(C)C. The second-order valence-corrected chi connectivity index (χ2v) is 10.5. The van der Waals surface area contributed by atoms with Crippen molar-refractivity contribution in [2.75, 3.05) is 31.5 Å². The molecule has 0 aliphatic rings. The Bertz CT molecular complexity index is 487. The lowest BCUT2D eigenvalue weighted by Gasteiger charge is -2.15. The van der Waals surface area contributed by atoms with Crippen molar-refractivity contribution in [2.24, 2.45) is 0 Å². The Morgan fingerprint density at radius 1 is 1.28 bits per heavy atom. The van der Waals surface area contributed by atoms with Gasteiger partial charge in [-0.05, 0) is 37.1 Å². The van der Waals surface area contributed by atoms with Gasteiger partial charge in [0.25, 0.3) is 5.91 Å². The van der Waals surface area contributed by atoms with Gasteiger partial charge in [0.2, 0.25) is 0 Å². The van der Waals surface area contributed by atoms with Crippen LogP contribution in [0.3, 0.4) is 0 Å². The predicted molar refractivity (Wildman–Crippen MR) is 78.8 cm³/mol. The first-order chi connectivity index (χ1) is 8.23. The third-order valence-corrected chi connectivity index (χ3v) is 3.78. The van der Waals surface area contributed by atoms with Gasteiger partial charge in [0.15, 0.2) is 0 Å². The fourth-order valence-corrected chi connectivity index (χ4v) is 2.78. The van der Waals surface area contributed by atoms with Crippen LogP contribution < -0.4 is 5.32 Å². The highest BCUT2D eigenvalue weighted by molar-refractivity contribution is 7.74. The van der Waals surface area contributed by atoms with Gasteiger partial charge >= 0.3 is 0 Å². The molecule has 3 nitrogen and oxygen atoms in total. The molecule has 0 fully saturated rings. The Balaban J connectivity index is 2.93. The zero-order chi connectivity index (χ0) is 13.9. The van der Waals surface area contributed by atoms with Gasteiger partial charge in [0, 0.05) is 32.9 Å². The average Bonchev–Trinajstić information content (AvgIpc) is 2.20. The first-order valence-corrected chi connectivity index (χ1v) is 9.16. The van der Waals surface area contributed by atoms with E-state index in [1.165, 1.54) is 0 Å². The minimum atomic E-state index is -1.12. The van der Waals surface area contributed by atoms with Crippen LogP contribution in [0.2, 0.25) is 0 Å². The number of carbonyl (C=O) groups is 1. The summed E-state index contributed by atoms with van der Waals surface area (Å²) in [4.78, 5) is 11.9. The van der Waals surface area contributed by atoms with Crippen molar-refractivity contribution in [1.82, 2.24) is 0 Å². The summed E-state index contributed by atoms with van der Waals surface area (Å²) in [5.41, 5.74) is 3.35. The second-order valence-electron chi connectivity index (χ2n) is 5.59. The van der Waals surface area contributed by atoms with Crippen LogP contribution in [0.25, 0.3) is 0 Å². The van der Waals surface area contributed by atoms with E-state index in [-0.39, 0.29) is 5.91 Å². The monoisotopic (exact) mass is 263 g/mol. The molecule has 0 radical (unpaired) electrons. The zero-order valence-electron chi connectivity index (χ0n) is 11.7. The summed E-state index contributed by atoms with van der Waals surface area (Å²) in [7, 11) is -1.12. The van der Waals surface area contributed by atoms with Crippen LogP contribution in [0.1, 0.15) is 16.7 Å². The van der Waals surface area contributed by atoms with Crippen LogP contribution >= 0.6 is 7.26 Å². The summed E-state index contributed by atoms with van der Waals surface area (Å²) in [6.07, 6.45) is 0.589. The maximum atomic E-state index is 11.9. The average molecular weight is 263 g/mol. The number of benzene rings is 1. The first-order valence-electron chi connectivity index (χ1n) is 5.84. The fraction of sp³-hybridized carbons (Fsp3) is 0.429. The van der Waals surface area contributed by atoms with Gasteiger partial charge in [-0.1, -0.05) is 0 Å². The lowest BCUT2D eigenvalue weighted by atomic mass is 10.0. The minimum Gasteiger partial charge on any atom is -0.322 e. The summed E-state index contributed by atoms with van der Waals surface area (Å²) in [5.74, 6) is 0.0618. The third kappa shape index (κ3) is 4.13. The number of amides is 1. The lowest BCUT2D eigenvalue weighted by Crippen LogP contribution is -2.19. The summed E-state index contributed by atoms with van der Waals surface area (Å²) in [6.45, 7) is 10.3. The Hall–Kier alpha value is -1.39. The van der Waals surface area contributed by atoms with Crippen molar-refractivity contribution in [1.29, 1.82) is 5.26 Å². The number of hydrogen-bond donors (Lipinski definition) is 1. The van der Waals surface area contributed by atoms with Gasteiger partial charge in [-0.25, -0.2) is 0 Å². The highest BCUT2D eigenvalue weighted by Gasteiger charge is 2.23. The van der Waals surface area contributed by atoms with E-state index >= 15 is 0 Å². The van der Waals surface area contributed by atoms with E-state index in [1.54, 1.807) is 12.1 Å². The third-order valence-electron chi connectivity index (χ3n) is 2.54. The number of hydrogen-bond acceptors (Lipinski definition) is 2. The van der Waals surface area contributed by atoms with Crippen LogP contribution in [0.5, 0.6) is 0 Å². The predicted octanol–water partition coefficient (Wildman–Crippen LogP) is 3.02. The van der Waals surface area contributed by atoms with Crippen molar-refractivity contribution in [2.45, 2.75) is 13.8 Å². The number of carbonyl (C=O) groups excluding carboxylic acids is 1. The van der Waals surface area contributed by atoms with Crippen molar-refractivity contribution in [3.05, 3.63) is 28.8 Å². The maximum Gasteiger partial charge on any atom is 0.261 e. The second kappa shape index (κ2) is 5.50. The Kier molecular flexibility index (Phi) is 4.48. The molecule has 1 N–H and O–H groups in total. The molecule has 4 heteroatoms. The van der Waals surface area contributed by atoms with Crippen LogP contribution in [0, 0.1) is 25.2 Å². The van der Waals surface area contributed by atoms with E-state index in [0.29, 0.717) is 11.7 Å². The highest BCUT2D eigenvalue weighted by Crippen LogP contribution is 2.46. The molecule has 96 valence electrons. The van der Waals surface area contributed by atoms with Gasteiger partial charge in [-0.2, -0.15) is 5.26 Å². The summed E-state index contributed by atoms with van der Waals surface area (Å²) in [6, 6.07) is 5.72. The Morgan fingerprint density at radius 2 is 1.78 bits per heavy atom. The van der Waals surface area contributed by atoms with Crippen LogP contribution in [-0.4, -0.2) is 32.1 Å². The van der Waals surface area contributed by atoms with E-state index in [4.69, 9.17) is 5.26 Å². The molecule has 0 unspecified atom stereocenters. The van der Waals surface area contributed by atoms with Crippen molar-refractivity contribution >= 4 is 18.9 Å². The largest absolute Gasteiger partial charge is 0.322 e. The number of anilines is 1. The highest BCUT2D eigenvalue weighted by atomic mass is 31.2. The maximum absolute atomic E-state index is 11.9.